The van der Waals surface area contributed by atoms with Crippen molar-refractivity contribution in [2.75, 3.05) is 17.7 Å². The molecule has 0 atom stereocenters. The lowest BCUT2D eigenvalue weighted by Gasteiger charge is -2.14. The van der Waals surface area contributed by atoms with Gasteiger partial charge in [0.25, 0.3) is 5.91 Å². The van der Waals surface area contributed by atoms with Crippen molar-refractivity contribution in [3.63, 3.8) is 0 Å². The highest BCUT2D eigenvalue weighted by Crippen LogP contribution is 2.17. The summed E-state index contributed by atoms with van der Waals surface area (Å²) in [6, 6.07) is 3.54. The van der Waals surface area contributed by atoms with Crippen LogP contribution in [0.1, 0.15) is 9.80 Å². The van der Waals surface area contributed by atoms with Crippen LogP contribution in [0.2, 0.25) is 0 Å². The Kier molecular flexibility index (Phi) is 2.78. The quantitative estimate of drug-likeness (QED) is 0.831. The van der Waals surface area contributed by atoms with Crippen LogP contribution in [-0.4, -0.2) is 28.1 Å². The first-order valence-corrected chi connectivity index (χ1v) is 5.27. The first kappa shape index (κ1) is 10.5. The zero-order valence-electron chi connectivity index (χ0n) is 8.49. The topological polar surface area (TPSA) is 85.0 Å². The second kappa shape index (κ2) is 4.23. The SMILES string of the molecule is CN(C(=O)c1nnc(N)s1)c1cccnc1. The third kappa shape index (κ3) is 1.98. The van der Waals surface area contributed by atoms with Crippen molar-refractivity contribution in [1.82, 2.24) is 15.2 Å². The monoisotopic (exact) mass is 235 g/mol. The van der Waals surface area contributed by atoms with E-state index < -0.39 is 0 Å². The fourth-order valence-electron chi connectivity index (χ4n) is 1.13. The molecule has 7 heteroatoms. The van der Waals surface area contributed by atoms with Gasteiger partial charge in [0.2, 0.25) is 10.1 Å². The molecule has 2 N–H and O–H groups in total. The Morgan fingerprint density at radius 3 is 2.88 bits per heavy atom. The van der Waals surface area contributed by atoms with E-state index in [0.717, 1.165) is 11.3 Å². The lowest BCUT2D eigenvalue weighted by molar-refractivity contribution is 0.0992. The number of anilines is 2. The molecule has 0 bridgehead atoms. The Balaban J connectivity index is 2.23. The van der Waals surface area contributed by atoms with Crippen molar-refractivity contribution in [2.45, 2.75) is 0 Å². The summed E-state index contributed by atoms with van der Waals surface area (Å²) >= 11 is 1.06. The zero-order valence-corrected chi connectivity index (χ0v) is 9.31. The average Bonchev–Trinajstić information content (AvgIpc) is 2.75. The molecule has 0 unspecified atom stereocenters. The molecular weight excluding hydrogens is 226 g/mol. The van der Waals surface area contributed by atoms with Crippen molar-refractivity contribution >= 4 is 28.1 Å². The number of nitrogens with zero attached hydrogens (tertiary/aromatic N) is 4. The number of nitrogen functional groups attached to an aromatic ring is 1. The van der Waals surface area contributed by atoms with Crippen LogP contribution in [0.3, 0.4) is 0 Å². The van der Waals surface area contributed by atoms with Crippen molar-refractivity contribution in [1.29, 1.82) is 0 Å². The molecule has 1 amide bonds. The molecule has 2 aromatic rings. The van der Waals surface area contributed by atoms with Crippen LogP contribution >= 0.6 is 11.3 Å². The maximum atomic E-state index is 11.9. The highest BCUT2D eigenvalue weighted by atomic mass is 32.1. The Hall–Kier alpha value is -2.02. The fourth-order valence-corrected chi connectivity index (χ4v) is 1.72. The molecule has 2 rings (SSSR count). The second-order valence-electron chi connectivity index (χ2n) is 3.02. The Morgan fingerprint density at radius 1 is 1.50 bits per heavy atom. The summed E-state index contributed by atoms with van der Waals surface area (Å²) in [7, 11) is 1.65. The summed E-state index contributed by atoms with van der Waals surface area (Å²) in [6.45, 7) is 0. The Bertz CT molecular complexity index is 498. The van der Waals surface area contributed by atoms with Gasteiger partial charge in [-0.15, -0.1) is 10.2 Å². The number of aromatic nitrogens is 3. The van der Waals surface area contributed by atoms with E-state index in [9.17, 15) is 4.79 Å². The highest BCUT2D eigenvalue weighted by molar-refractivity contribution is 7.17. The normalized spacial score (nSPS) is 10.1. The van der Waals surface area contributed by atoms with Crippen LogP contribution in [0.5, 0.6) is 0 Å². The van der Waals surface area contributed by atoms with Crippen LogP contribution in [-0.2, 0) is 0 Å². The van der Waals surface area contributed by atoms with E-state index >= 15 is 0 Å². The van der Waals surface area contributed by atoms with Gasteiger partial charge in [-0.2, -0.15) is 0 Å². The van der Waals surface area contributed by atoms with Crippen LogP contribution in [0.4, 0.5) is 10.8 Å². The number of pyridine rings is 1. The number of hydrogen-bond acceptors (Lipinski definition) is 6. The van der Waals surface area contributed by atoms with E-state index in [0.29, 0.717) is 5.69 Å². The lowest BCUT2D eigenvalue weighted by atomic mass is 10.4. The number of hydrogen-bond donors (Lipinski definition) is 1. The number of carbonyl (C=O) groups is 1. The van der Waals surface area contributed by atoms with Gasteiger partial charge in [-0.25, -0.2) is 0 Å². The molecule has 0 spiro atoms. The molecule has 0 aromatic carbocycles. The highest BCUT2D eigenvalue weighted by Gasteiger charge is 2.17. The molecule has 2 heterocycles. The minimum absolute atomic E-state index is 0.248. The van der Waals surface area contributed by atoms with Gasteiger partial charge in [0.15, 0.2) is 0 Å². The Morgan fingerprint density at radius 2 is 2.31 bits per heavy atom. The average molecular weight is 235 g/mol. The minimum Gasteiger partial charge on any atom is -0.374 e. The molecule has 6 nitrogen and oxygen atoms in total. The van der Waals surface area contributed by atoms with E-state index in [4.69, 9.17) is 5.73 Å². The molecule has 82 valence electrons. The van der Waals surface area contributed by atoms with E-state index in [-0.39, 0.29) is 16.0 Å². The van der Waals surface area contributed by atoms with Crippen LogP contribution in [0.15, 0.2) is 24.5 Å². The van der Waals surface area contributed by atoms with Crippen molar-refractivity contribution < 1.29 is 4.79 Å². The van der Waals surface area contributed by atoms with Gasteiger partial charge in [0.1, 0.15) is 0 Å². The predicted molar refractivity (Wildman–Crippen MR) is 61.3 cm³/mol. The van der Waals surface area contributed by atoms with Crippen LogP contribution in [0.25, 0.3) is 0 Å². The first-order chi connectivity index (χ1) is 7.68. The molecule has 0 aliphatic carbocycles. The lowest BCUT2D eigenvalue weighted by Crippen LogP contribution is -2.26. The number of amides is 1. The smallest absolute Gasteiger partial charge is 0.289 e. The van der Waals surface area contributed by atoms with Gasteiger partial charge in [0, 0.05) is 13.2 Å². The maximum absolute atomic E-state index is 11.9. The first-order valence-electron chi connectivity index (χ1n) is 4.45. The molecule has 0 saturated heterocycles. The molecule has 0 aliphatic rings. The molecule has 2 aromatic heterocycles. The van der Waals surface area contributed by atoms with E-state index in [1.54, 1.807) is 31.6 Å². The largest absolute Gasteiger partial charge is 0.374 e. The van der Waals surface area contributed by atoms with Gasteiger partial charge in [-0.3, -0.25) is 9.78 Å². The molecule has 0 radical (unpaired) electrons. The molecular formula is C9H9N5OS. The summed E-state index contributed by atoms with van der Waals surface area (Å²) in [5, 5.41) is 7.84. The van der Waals surface area contributed by atoms with E-state index in [1.165, 1.54) is 4.90 Å². The summed E-state index contributed by atoms with van der Waals surface area (Å²) in [5.41, 5.74) is 6.11. The summed E-state index contributed by atoms with van der Waals surface area (Å²) in [6.07, 6.45) is 3.24. The van der Waals surface area contributed by atoms with Gasteiger partial charge in [-0.1, -0.05) is 11.3 Å². The number of nitrogens with two attached hydrogens (primary N) is 1. The number of rotatable bonds is 2. The predicted octanol–water partition coefficient (Wildman–Crippen LogP) is 0.792. The summed E-state index contributed by atoms with van der Waals surface area (Å²) < 4.78 is 0. The van der Waals surface area contributed by atoms with Crippen molar-refractivity contribution in [3.8, 4) is 0 Å². The van der Waals surface area contributed by atoms with Crippen LogP contribution in [0, 0.1) is 0 Å². The van der Waals surface area contributed by atoms with Crippen molar-refractivity contribution in [3.05, 3.63) is 29.5 Å². The zero-order chi connectivity index (χ0) is 11.5. The molecule has 16 heavy (non-hydrogen) atoms. The molecule has 0 aliphatic heterocycles. The summed E-state index contributed by atoms with van der Waals surface area (Å²) in [4.78, 5) is 17.3. The number of carbonyl (C=O) groups excluding carboxylic acids is 1. The summed E-state index contributed by atoms with van der Waals surface area (Å²) in [5.74, 6) is -0.248. The van der Waals surface area contributed by atoms with Gasteiger partial charge < -0.3 is 10.6 Å². The fraction of sp³-hybridized carbons (Fsp3) is 0.111. The van der Waals surface area contributed by atoms with Gasteiger partial charge in [0.05, 0.1) is 11.9 Å². The third-order valence-corrected chi connectivity index (χ3v) is 2.70. The van der Waals surface area contributed by atoms with E-state index in [1.807, 2.05) is 0 Å². The molecule has 0 saturated carbocycles. The standard InChI is InChI=1S/C9H9N5OS/c1-14(6-3-2-4-11-5-6)8(15)7-12-13-9(10)16-7/h2-5H,1H3,(H2,10,13). The van der Waals surface area contributed by atoms with Crippen molar-refractivity contribution in [2.24, 2.45) is 0 Å². The van der Waals surface area contributed by atoms with Crippen LogP contribution < -0.4 is 10.6 Å². The maximum Gasteiger partial charge on any atom is 0.289 e. The second-order valence-corrected chi connectivity index (χ2v) is 4.03. The molecule has 0 fully saturated rings. The van der Waals surface area contributed by atoms with Gasteiger partial charge in [-0.05, 0) is 12.1 Å². The Labute approximate surface area is 95.7 Å². The minimum atomic E-state index is -0.248. The van der Waals surface area contributed by atoms with E-state index in [2.05, 4.69) is 15.2 Å². The van der Waals surface area contributed by atoms with Gasteiger partial charge >= 0.3 is 0 Å². The third-order valence-electron chi connectivity index (χ3n) is 1.96.